The van der Waals surface area contributed by atoms with Crippen molar-refractivity contribution in [3.05, 3.63) is 42.5 Å². The van der Waals surface area contributed by atoms with E-state index in [1.807, 2.05) is 18.2 Å². The molecule has 0 saturated heterocycles. The highest BCUT2D eigenvalue weighted by molar-refractivity contribution is 5.83. The molecular formula is C22H27NO3. The number of nitrogens with zero attached hydrogens (tertiary/aromatic N) is 1. The average molecular weight is 353 g/mol. The van der Waals surface area contributed by atoms with Gasteiger partial charge in [0.2, 0.25) is 0 Å². The lowest BCUT2D eigenvalue weighted by molar-refractivity contribution is -0.142. The molecule has 26 heavy (non-hydrogen) atoms. The van der Waals surface area contributed by atoms with Gasteiger partial charge in [-0.3, -0.25) is 4.79 Å². The number of benzene rings is 2. The fourth-order valence-electron chi connectivity index (χ4n) is 2.89. The number of carbonyl (C=O) groups is 1. The minimum Gasteiger partial charge on any atom is -0.494 e. The Morgan fingerprint density at radius 3 is 2.35 bits per heavy atom. The Bertz CT molecular complexity index is 721. The van der Waals surface area contributed by atoms with E-state index in [2.05, 4.69) is 24.3 Å². The summed E-state index contributed by atoms with van der Waals surface area (Å²) in [5, 5.41) is 10.8. The van der Waals surface area contributed by atoms with Gasteiger partial charge in [-0.15, -0.1) is 0 Å². The number of esters is 1. The van der Waals surface area contributed by atoms with Crippen LogP contribution in [0.2, 0.25) is 0 Å². The Hall–Kier alpha value is -2.54. The molecule has 0 aliphatic heterocycles. The van der Waals surface area contributed by atoms with Crippen LogP contribution >= 0.6 is 0 Å². The summed E-state index contributed by atoms with van der Waals surface area (Å²) in [6, 6.07) is 16.3. The smallest absolute Gasteiger partial charge is 0.306 e. The van der Waals surface area contributed by atoms with Gasteiger partial charge in [-0.25, -0.2) is 0 Å². The zero-order valence-electron chi connectivity index (χ0n) is 15.3. The number of rotatable bonds is 12. The monoisotopic (exact) mass is 353 g/mol. The van der Waals surface area contributed by atoms with Gasteiger partial charge in [0.15, 0.2) is 6.61 Å². The summed E-state index contributed by atoms with van der Waals surface area (Å²) < 4.78 is 10.6. The fourth-order valence-corrected chi connectivity index (χ4v) is 2.89. The van der Waals surface area contributed by atoms with Crippen LogP contribution in [-0.4, -0.2) is 19.2 Å². The van der Waals surface area contributed by atoms with Crippen LogP contribution in [0.25, 0.3) is 10.8 Å². The van der Waals surface area contributed by atoms with Gasteiger partial charge in [0, 0.05) is 6.42 Å². The van der Waals surface area contributed by atoms with Crippen molar-refractivity contribution in [2.45, 2.75) is 51.4 Å². The Labute approximate surface area is 155 Å². The lowest BCUT2D eigenvalue weighted by Gasteiger charge is -2.07. The molecule has 138 valence electrons. The third-order valence-corrected chi connectivity index (χ3v) is 4.31. The molecule has 0 heterocycles. The quantitative estimate of drug-likeness (QED) is 0.378. The number of fused-ring (bicyclic) bond motifs is 1. The topological polar surface area (TPSA) is 59.3 Å². The van der Waals surface area contributed by atoms with Gasteiger partial charge in [-0.05, 0) is 35.7 Å². The second-order valence-electron chi connectivity index (χ2n) is 6.40. The van der Waals surface area contributed by atoms with Crippen LogP contribution in [0.15, 0.2) is 42.5 Å². The van der Waals surface area contributed by atoms with Gasteiger partial charge < -0.3 is 9.47 Å². The van der Waals surface area contributed by atoms with Crippen molar-refractivity contribution in [3.63, 3.8) is 0 Å². The Balaban J connectivity index is 1.45. The van der Waals surface area contributed by atoms with Crippen molar-refractivity contribution in [2.75, 3.05) is 13.2 Å². The third-order valence-electron chi connectivity index (χ3n) is 4.31. The van der Waals surface area contributed by atoms with Gasteiger partial charge in [0.1, 0.15) is 11.8 Å². The number of ether oxygens (including phenoxy) is 2. The molecular weight excluding hydrogens is 326 g/mol. The number of hydrogen-bond donors (Lipinski definition) is 0. The van der Waals surface area contributed by atoms with E-state index in [0.717, 1.165) is 44.5 Å². The molecule has 0 bridgehead atoms. The van der Waals surface area contributed by atoms with Crippen LogP contribution < -0.4 is 4.74 Å². The molecule has 0 radical (unpaired) electrons. The largest absolute Gasteiger partial charge is 0.494 e. The highest BCUT2D eigenvalue weighted by atomic mass is 16.5. The SMILES string of the molecule is N#CCOC(=O)CCCCCCCCCOc1ccc2ccccc2c1. The summed E-state index contributed by atoms with van der Waals surface area (Å²) in [7, 11) is 0. The molecule has 0 aliphatic rings. The van der Waals surface area contributed by atoms with Crippen molar-refractivity contribution >= 4 is 16.7 Å². The highest BCUT2D eigenvalue weighted by Gasteiger charge is 2.01. The molecule has 0 atom stereocenters. The van der Waals surface area contributed by atoms with E-state index in [0.29, 0.717) is 6.42 Å². The van der Waals surface area contributed by atoms with Gasteiger partial charge in [-0.2, -0.15) is 5.26 Å². The lowest BCUT2D eigenvalue weighted by atomic mass is 10.1. The number of carbonyl (C=O) groups excluding carboxylic acids is 1. The van der Waals surface area contributed by atoms with Gasteiger partial charge >= 0.3 is 5.97 Å². The lowest BCUT2D eigenvalue weighted by Crippen LogP contribution is -2.03. The summed E-state index contributed by atoms with van der Waals surface area (Å²) in [6.45, 7) is 0.614. The highest BCUT2D eigenvalue weighted by Crippen LogP contribution is 2.20. The summed E-state index contributed by atoms with van der Waals surface area (Å²) in [4.78, 5) is 11.2. The van der Waals surface area contributed by atoms with E-state index in [1.54, 1.807) is 6.07 Å². The van der Waals surface area contributed by atoms with E-state index in [1.165, 1.54) is 23.6 Å². The van der Waals surface area contributed by atoms with Gasteiger partial charge in [0.05, 0.1) is 6.61 Å². The summed E-state index contributed by atoms with van der Waals surface area (Å²) >= 11 is 0. The first-order valence-corrected chi connectivity index (χ1v) is 9.44. The first-order chi connectivity index (χ1) is 12.8. The van der Waals surface area contributed by atoms with Gasteiger partial charge in [0.25, 0.3) is 0 Å². The van der Waals surface area contributed by atoms with Crippen LogP contribution in [0.4, 0.5) is 0 Å². The number of nitriles is 1. The van der Waals surface area contributed by atoms with Crippen molar-refractivity contribution in [2.24, 2.45) is 0 Å². The molecule has 0 fully saturated rings. The molecule has 0 spiro atoms. The minimum atomic E-state index is -0.266. The second kappa shape index (κ2) is 11.9. The van der Waals surface area contributed by atoms with Crippen LogP contribution in [0.5, 0.6) is 5.75 Å². The predicted molar refractivity (Wildman–Crippen MR) is 103 cm³/mol. The molecule has 2 rings (SSSR count). The standard InChI is InChI=1S/C22H27NO3/c23-15-17-26-22(24)12-6-4-2-1-3-5-9-16-25-21-14-13-19-10-7-8-11-20(19)18-21/h7-8,10-11,13-14,18H,1-6,9,12,16-17H2. The molecule has 4 nitrogen and oxygen atoms in total. The van der Waals surface area contributed by atoms with Crippen molar-refractivity contribution in [1.82, 2.24) is 0 Å². The van der Waals surface area contributed by atoms with E-state index in [9.17, 15) is 4.79 Å². The predicted octanol–water partition coefficient (Wildman–Crippen LogP) is 5.41. The maximum atomic E-state index is 11.2. The molecule has 2 aromatic carbocycles. The molecule has 0 N–H and O–H groups in total. The van der Waals surface area contributed by atoms with Crippen molar-refractivity contribution < 1.29 is 14.3 Å². The average Bonchev–Trinajstić information content (AvgIpc) is 2.67. The van der Waals surface area contributed by atoms with Crippen LogP contribution in [-0.2, 0) is 9.53 Å². The normalized spacial score (nSPS) is 10.4. The van der Waals surface area contributed by atoms with Crippen molar-refractivity contribution in [3.8, 4) is 11.8 Å². The third kappa shape index (κ3) is 7.57. The maximum absolute atomic E-state index is 11.2. The van der Waals surface area contributed by atoms with Crippen LogP contribution in [0.3, 0.4) is 0 Å². The molecule has 0 amide bonds. The zero-order chi connectivity index (χ0) is 18.5. The molecule has 0 saturated carbocycles. The van der Waals surface area contributed by atoms with E-state index >= 15 is 0 Å². The summed E-state index contributed by atoms with van der Waals surface area (Å²) in [5.74, 6) is 0.671. The second-order valence-corrected chi connectivity index (χ2v) is 6.40. The Morgan fingerprint density at radius 1 is 0.885 bits per heavy atom. The molecule has 4 heteroatoms. The van der Waals surface area contributed by atoms with Crippen LogP contribution in [0, 0.1) is 11.3 Å². The van der Waals surface area contributed by atoms with E-state index in [-0.39, 0.29) is 12.6 Å². The summed E-state index contributed by atoms with van der Waals surface area (Å²) in [5.41, 5.74) is 0. The molecule has 0 aliphatic carbocycles. The van der Waals surface area contributed by atoms with Crippen molar-refractivity contribution in [1.29, 1.82) is 5.26 Å². The number of hydrogen-bond acceptors (Lipinski definition) is 4. The Morgan fingerprint density at radius 2 is 1.58 bits per heavy atom. The zero-order valence-corrected chi connectivity index (χ0v) is 15.3. The first-order valence-electron chi connectivity index (χ1n) is 9.44. The Kier molecular flexibility index (Phi) is 9.07. The van der Waals surface area contributed by atoms with E-state index in [4.69, 9.17) is 14.7 Å². The molecule has 0 unspecified atom stereocenters. The first kappa shape index (κ1) is 19.8. The maximum Gasteiger partial charge on any atom is 0.306 e. The molecule has 2 aromatic rings. The molecule has 0 aromatic heterocycles. The minimum absolute atomic E-state index is 0.139. The summed E-state index contributed by atoms with van der Waals surface area (Å²) in [6.07, 6.45) is 8.04. The fraction of sp³-hybridized carbons (Fsp3) is 0.455. The number of unbranched alkanes of at least 4 members (excludes halogenated alkanes) is 6. The van der Waals surface area contributed by atoms with Crippen LogP contribution in [0.1, 0.15) is 51.4 Å². The van der Waals surface area contributed by atoms with E-state index < -0.39 is 0 Å². The van der Waals surface area contributed by atoms with Gasteiger partial charge in [-0.1, -0.05) is 62.4 Å².